The van der Waals surface area contributed by atoms with Gasteiger partial charge in [0.15, 0.2) is 0 Å². The number of phenolic OH excluding ortho intramolecular Hbond substituents is 2. The second-order valence-corrected chi connectivity index (χ2v) is 3.57. The van der Waals surface area contributed by atoms with Crippen LogP contribution in [0.5, 0.6) is 17.2 Å². The van der Waals surface area contributed by atoms with Crippen molar-refractivity contribution < 1.29 is 19.7 Å². The molecule has 0 fully saturated rings. The highest BCUT2D eigenvalue weighted by Gasteiger charge is 2.06. The lowest BCUT2D eigenvalue weighted by molar-refractivity contribution is 0.215. The van der Waals surface area contributed by atoms with Crippen molar-refractivity contribution in [3.05, 3.63) is 48.5 Å². The largest absolute Gasteiger partial charge is 0.508 e. The minimum atomic E-state index is -0.703. The number of para-hydroxylation sites is 1. The SMILES string of the molecule is O=C(Nc1cc(O)cc(O)c1)Oc1ccccc1. The number of ether oxygens (including phenoxy) is 1. The normalized spacial score (nSPS) is 9.78. The third-order valence-electron chi connectivity index (χ3n) is 2.10. The van der Waals surface area contributed by atoms with E-state index in [0.29, 0.717) is 5.75 Å². The van der Waals surface area contributed by atoms with E-state index < -0.39 is 6.09 Å². The van der Waals surface area contributed by atoms with Gasteiger partial charge in [-0.3, -0.25) is 5.32 Å². The van der Waals surface area contributed by atoms with Crippen LogP contribution in [0.3, 0.4) is 0 Å². The second kappa shape index (κ2) is 5.09. The minimum absolute atomic E-state index is 0.148. The molecule has 92 valence electrons. The lowest BCUT2D eigenvalue weighted by Gasteiger charge is -2.07. The van der Waals surface area contributed by atoms with E-state index in [4.69, 9.17) is 4.74 Å². The Labute approximate surface area is 103 Å². The van der Waals surface area contributed by atoms with Crippen molar-refractivity contribution in [1.29, 1.82) is 0 Å². The number of carbonyl (C=O) groups is 1. The van der Waals surface area contributed by atoms with Crippen molar-refractivity contribution in [2.45, 2.75) is 0 Å². The number of carbonyl (C=O) groups excluding carboxylic acids is 1. The lowest BCUT2D eigenvalue weighted by Crippen LogP contribution is -2.16. The molecule has 0 spiro atoms. The van der Waals surface area contributed by atoms with Crippen molar-refractivity contribution in [2.75, 3.05) is 5.32 Å². The molecule has 0 bridgehead atoms. The summed E-state index contributed by atoms with van der Waals surface area (Å²) in [5, 5.41) is 20.9. The average Bonchev–Trinajstić information content (AvgIpc) is 2.28. The summed E-state index contributed by atoms with van der Waals surface area (Å²) in [6, 6.07) is 12.3. The van der Waals surface area contributed by atoms with E-state index in [2.05, 4.69) is 5.32 Å². The summed E-state index contributed by atoms with van der Waals surface area (Å²) >= 11 is 0. The third-order valence-corrected chi connectivity index (χ3v) is 2.10. The molecule has 1 amide bonds. The zero-order valence-electron chi connectivity index (χ0n) is 9.33. The Morgan fingerprint density at radius 3 is 2.22 bits per heavy atom. The van der Waals surface area contributed by atoms with Gasteiger partial charge in [0.25, 0.3) is 0 Å². The molecule has 18 heavy (non-hydrogen) atoms. The number of phenols is 2. The minimum Gasteiger partial charge on any atom is -0.508 e. The summed E-state index contributed by atoms with van der Waals surface area (Å²) in [6.07, 6.45) is -0.703. The molecular weight excluding hydrogens is 234 g/mol. The molecule has 0 saturated carbocycles. The Balaban J connectivity index is 2.03. The summed E-state index contributed by atoms with van der Waals surface area (Å²) in [7, 11) is 0. The van der Waals surface area contributed by atoms with Crippen LogP contribution in [0.1, 0.15) is 0 Å². The van der Waals surface area contributed by atoms with E-state index in [1.807, 2.05) is 0 Å². The van der Waals surface area contributed by atoms with E-state index in [9.17, 15) is 15.0 Å². The molecule has 0 radical (unpaired) electrons. The van der Waals surface area contributed by atoms with E-state index in [1.54, 1.807) is 30.3 Å². The summed E-state index contributed by atoms with van der Waals surface area (Å²) in [4.78, 5) is 11.5. The summed E-state index contributed by atoms with van der Waals surface area (Å²) in [5.41, 5.74) is 0.244. The first-order valence-corrected chi connectivity index (χ1v) is 5.20. The monoisotopic (exact) mass is 245 g/mol. The van der Waals surface area contributed by atoms with Crippen LogP contribution >= 0.6 is 0 Å². The number of hydrogen-bond acceptors (Lipinski definition) is 4. The van der Waals surface area contributed by atoms with Gasteiger partial charge < -0.3 is 14.9 Å². The highest BCUT2D eigenvalue weighted by Crippen LogP contribution is 2.24. The van der Waals surface area contributed by atoms with Gasteiger partial charge in [-0.05, 0) is 12.1 Å². The Morgan fingerprint density at radius 1 is 1.00 bits per heavy atom. The molecule has 0 saturated heterocycles. The molecule has 0 aromatic heterocycles. The molecule has 5 heteroatoms. The third kappa shape index (κ3) is 3.15. The molecule has 2 aromatic rings. The van der Waals surface area contributed by atoms with Gasteiger partial charge in [0.1, 0.15) is 17.2 Å². The van der Waals surface area contributed by atoms with Crippen LogP contribution in [0.2, 0.25) is 0 Å². The predicted octanol–water partition coefficient (Wildman–Crippen LogP) is 2.71. The predicted molar refractivity (Wildman–Crippen MR) is 65.9 cm³/mol. The number of anilines is 1. The van der Waals surface area contributed by atoms with E-state index in [1.165, 1.54) is 12.1 Å². The molecule has 0 aliphatic carbocycles. The van der Waals surface area contributed by atoms with Gasteiger partial charge in [0, 0.05) is 18.2 Å². The number of nitrogens with one attached hydrogen (secondary N) is 1. The van der Waals surface area contributed by atoms with E-state index in [0.717, 1.165) is 6.07 Å². The fraction of sp³-hybridized carbons (Fsp3) is 0. The van der Waals surface area contributed by atoms with Crippen molar-refractivity contribution >= 4 is 11.8 Å². The van der Waals surface area contributed by atoms with Crippen LogP contribution in [-0.2, 0) is 0 Å². The molecule has 0 unspecified atom stereocenters. The zero-order valence-corrected chi connectivity index (χ0v) is 9.33. The van der Waals surface area contributed by atoms with E-state index in [-0.39, 0.29) is 17.2 Å². The Morgan fingerprint density at radius 2 is 1.61 bits per heavy atom. The van der Waals surface area contributed by atoms with Gasteiger partial charge >= 0.3 is 6.09 Å². The molecule has 2 aromatic carbocycles. The van der Waals surface area contributed by atoms with Gasteiger partial charge in [-0.25, -0.2) is 4.79 Å². The maximum Gasteiger partial charge on any atom is 0.417 e. The van der Waals surface area contributed by atoms with Crippen LogP contribution in [0, 0.1) is 0 Å². The fourth-order valence-electron chi connectivity index (χ4n) is 1.41. The number of rotatable bonds is 2. The van der Waals surface area contributed by atoms with Crippen LogP contribution < -0.4 is 10.1 Å². The fourth-order valence-corrected chi connectivity index (χ4v) is 1.41. The lowest BCUT2D eigenvalue weighted by atomic mass is 10.3. The van der Waals surface area contributed by atoms with Crippen molar-refractivity contribution in [2.24, 2.45) is 0 Å². The smallest absolute Gasteiger partial charge is 0.417 e. The van der Waals surface area contributed by atoms with Gasteiger partial charge in [-0.15, -0.1) is 0 Å². The molecule has 2 rings (SSSR count). The van der Waals surface area contributed by atoms with Gasteiger partial charge in [-0.1, -0.05) is 18.2 Å². The highest BCUT2D eigenvalue weighted by molar-refractivity contribution is 5.86. The molecule has 0 aliphatic rings. The van der Waals surface area contributed by atoms with Gasteiger partial charge in [0.2, 0.25) is 0 Å². The van der Waals surface area contributed by atoms with Crippen molar-refractivity contribution in [3.8, 4) is 17.2 Å². The molecule has 0 aliphatic heterocycles. The van der Waals surface area contributed by atoms with Crippen molar-refractivity contribution in [1.82, 2.24) is 0 Å². The zero-order chi connectivity index (χ0) is 13.0. The quantitative estimate of drug-likeness (QED) is 0.760. The Kier molecular flexibility index (Phi) is 3.33. The summed E-state index contributed by atoms with van der Waals surface area (Å²) in [6.45, 7) is 0. The number of amides is 1. The second-order valence-electron chi connectivity index (χ2n) is 3.57. The number of aromatic hydroxyl groups is 2. The molecule has 0 atom stereocenters. The van der Waals surface area contributed by atoms with Gasteiger partial charge in [0.05, 0.1) is 5.69 Å². The Bertz CT molecular complexity index is 534. The van der Waals surface area contributed by atoms with Crippen LogP contribution in [-0.4, -0.2) is 16.3 Å². The number of benzene rings is 2. The van der Waals surface area contributed by atoms with E-state index >= 15 is 0 Å². The van der Waals surface area contributed by atoms with Crippen LogP contribution in [0.4, 0.5) is 10.5 Å². The maximum atomic E-state index is 11.5. The van der Waals surface area contributed by atoms with Crippen LogP contribution in [0.15, 0.2) is 48.5 Å². The molecule has 0 heterocycles. The number of hydrogen-bond donors (Lipinski definition) is 3. The van der Waals surface area contributed by atoms with Gasteiger partial charge in [-0.2, -0.15) is 0 Å². The summed E-state index contributed by atoms with van der Waals surface area (Å²) < 4.78 is 4.98. The molecule has 5 nitrogen and oxygen atoms in total. The first-order chi connectivity index (χ1) is 8.63. The first-order valence-electron chi connectivity index (χ1n) is 5.20. The average molecular weight is 245 g/mol. The topological polar surface area (TPSA) is 78.8 Å². The Hall–Kier alpha value is -2.69. The van der Waals surface area contributed by atoms with Crippen LogP contribution in [0.25, 0.3) is 0 Å². The molecule has 3 N–H and O–H groups in total. The summed E-state index contributed by atoms with van der Waals surface area (Å²) in [5.74, 6) is 0.106. The van der Waals surface area contributed by atoms with Crippen molar-refractivity contribution in [3.63, 3.8) is 0 Å². The first kappa shape index (κ1) is 11.8. The molecular formula is C13H11NO4. The maximum absolute atomic E-state index is 11.5. The standard InChI is InChI=1S/C13H11NO4/c15-10-6-9(7-11(16)8-10)14-13(17)18-12-4-2-1-3-5-12/h1-8,15-16H,(H,14,17). The highest BCUT2D eigenvalue weighted by atomic mass is 16.6.